The molecule has 23 heavy (non-hydrogen) atoms. The van der Waals surface area contributed by atoms with Crippen molar-refractivity contribution in [2.45, 2.75) is 19.5 Å². The van der Waals surface area contributed by atoms with E-state index >= 15 is 0 Å². The predicted octanol–water partition coefficient (Wildman–Crippen LogP) is 1.88. The monoisotopic (exact) mass is 316 g/mol. The van der Waals surface area contributed by atoms with E-state index in [1.807, 2.05) is 13.0 Å². The number of hydrogen-bond donors (Lipinski definition) is 0. The molecule has 0 saturated carbocycles. The minimum Gasteiger partial charge on any atom is -0.424 e. The molecule has 6 heteroatoms. The second-order valence-corrected chi connectivity index (χ2v) is 6.01. The molecule has 2 aromatic rings. The maximum Gasteiger partial charge on any atom is 0.235 e. The van der Waals surface area contributed by atoms with Crippen molar-refractivity contribution < 1.29 is 9.15 Å². The lowest BCUT2D eigenvalue weighted by atomic mass is 10.2. The van der Waals surface area contributed by atoms with Crippen LogP contribution in [-0.4, -0.2) is 59.9 Å². The molecule has 1 atom stereocenters. The Morgan fingerprint density at radius 2 is 2.09 bits per heavy atom. The third kappa shape index (κ3) is 4.37. The third-order valence-corrected chi connectivity index (χ3v) is 4.13. The van der Waals surface area contributed by atoms with Crippen LogP contribution in [0.1, 0.15) is 23.4 Å². The molecule has 1 fully saturated rings. The molecule has 2 heterocycles. The first-order valence-corrected chi connectivity index (χ1v) is 8.06. The number of nitrogens with zero attached hydrogens (tertiary/aromatic N) is 4. The van der Waals surface area contributed by atoms with E-state index in [-0.39, 0.29) is 6.04 Å². The molecule has 0 aliphatic carbocycles. The van der Waals surface area contributed by atoms with Crippen molar-refractivity contribution in [3.63, 3.8) is 0 Å². The van der Waals surface area contributed by atoms with Crippen molar-refractivity contribution >= 4 is 0 Å². The topological polar surface area (TPSA) is 54.6 Å². The highest BCUT2D eigenvalue weighted by Crippen LogP contribution is 2.22. The quantitative estimate of drug-likeness (QED) is 0.811. The first-order chi connectivity index (χ1) is 11.2. The molecule has 3 rings (SSSR count). The summed E-state index contributed by atoms with van der Waals surface area (Å²) >= 11 is 0. The molecule has 0 N–H and O–H groups in total. The Morgan fingerprint density at radius 1 is 1.26 bits per heavy atom. The van der Waals surface area contributed by atoms with Gasteiger partial charge in [-0.2, -0.15) is 0 Å². The molecule has 0 spiro atoms. The summed E-state index contributed by atoms with van der Waals surface area (Å²) in [5.74, 6) is 1.26. The summed E-state index contributed by atoms with van der Waals surface area (Å²) in [5, 5.41) is 8.10. The average molecular weight is 316 g/mol. The summed E-state index contributed by atoms with van der Waals surface area (Å²) in [6.45, 7) is 6.98. The van der Waals surface area contributed by atoms with E-state index in [0.29, 0.717) is 18.4 Å². The average Bonchev–Trinajstić information content (AvgIpc) is 3.00. The van der Waals surface area contributed by atoms with Crippen LogP contribution in [0.15, 0.2) is 34.7 Å². The van der Waals surface area contributed by atoms with Crippen molar-refractivity contribution in [1.82, 2.24) is 20.0 Å². The summed E-state index contributed by atoms with van der Waals surface area (Å²) in [6, 6.07) is 10.6. The third-order valence-electron chi connectivity index (χ3n) is 4.13. The van der Waals surface area contributed by atoms with Crippen molar-refractivity contribution in [3.8, 4) is 0 Å². The maximum absolute atomic E-state index is 5.60. The standard InChI is InChI=1S/C17H24N4O2/c1-14-18-19-17(23-14)16-13-22-11-10-21(16)9-8-20(2)12-15-6-4-3-5-7-15/h3-7,16H,8-13H2,1-2H3/t16-/m0/s1. The number of hydrogen-bond acceptors (Lipinski definition) is 6. The van der Waals surface area contributed by atoms with Crippen LogP contribution in [0.4, 0.5) is 0 Å². The molecule has 0 unspecified atom stereocenters. The number of morpholine rings is 1. The fraction of sp³-hybridized carbons (Fsp3) is 0.529. The Kier molecular flexibility index (Phi) is 5.38. The highest BCUT2D eigenvalue weighted by Gasteiger charge is 2.28. The molecule has 1 aliphatic heterocycles. The fourth-order valence-electron chi connectivity index (χ4n) is 2.85. The molecule has 0 bridgehead atoms. The van der Waals surface area contributed by atoms with Gasteiger partial charge in [-0.05, 0) is 12.6 Å². The van der Waals surface area contributed by atoms with Crippen LogP contribution >= 0.6 is 0 Å². The Hall–Kier alpha value is -1.76. The second-order valence-electron chi connectivity index (χ2n) is 6.01. The lowest BCUT2D eigenvalue weighted by Crippen LogP contribution is -2.43. The van der Waals surface area contributed by atoms with Crippen LogP contribution in [0.2, 0.25) is 0 Å². The van der Waals surface area contributed by atoms with Crippen LogP contribution in [-0.2, 0) is 11.3 Å². The zero-order valence-corrected chi connectivity index (χ0v) is 13.8. The zero-order valence-electron chi connectivity index (χ0n) is 13.8. The zero-order chi connectivity index (χ0) is 16.1. The summed E-state index contributed by atoms with van der Waals surface area (Å²) in [6.07, 6.45) is 0. The van der Waals surface area contributed by atoms with E-state index in [0.717, 1.165) is 32.8 Å². The van der Waals surface area contributed by atoms with Gasteiger partial charge in [0.2, 0.25) is 11.8 Å². The predicted molar refractivity (Wildman–Crippen MR) is 86.9 cm³/mol. The Bertz CT molecular complexity index is 602. The number of aromatic nitrogens is 2. The highest BCUT2D eigenvalue weighted by molar-refractivity contribution is 5.14. The Labute approximate surface area is 137 Å². The van der Waals surface area contributed by atoms with Gasteiger partial charge in [-0.25, -0.2) is 0 Å². The summed E-state index contributed by atoms with van der Waals surface area (Å²) in [7, 11) is 2.15. The number of likely N-dealkylation sites (N-methyl/N-ethyl adjacent to an activating group) is 1. The van der Waals surface area contributed by atoms with Gasteiger partial charge in [0.05, 0.1) is 13.2 Å². The first-order valence-electron chi connectivity index (χ1n) is 8.06. The maximum atomic E-state index is 5.60. The van der Waals surface area contributed by atoms with E-state index in [4.69, 9.17) is 9.15 Å². The highest BCUT2D eigenvalue weighted by atomic mass is 16.5. The minimum atomic E-state index is 0.0649. The Morgan fingerprint density at radius 3 is 2.83 bits per heavy atom. The van der Waals surface area contributed by atoms with Crippen molar-refractivity contribution in [2.24, 2.45) is 0 Å². The van der Waals surface area contributed by atoms with E-state index < -0.39 is 0 Å². The largest absolute Gasteiger partial charge is 0.424 e. The smallest absolute Gasteiger partial charge is 0.235 e. The van der Waals surface area contributed by atoms with Crippen LogP contribution in [0.25, 0.3) is 0 Å². The summed E-state index contributed by atoms with van der Waals surface area (Å²) in [5.41, 5.74) is 1.33. The van der Waals surface area contributed by atoms with Crippen LogP contribution in [0.3, 0.4) is 0 Å². The van der Waals surface area contributed by atoms with Gasteiger partial charge >= 0.3 is 0 Å². The van der Waals surface area contributed by atoms with Crippen molar-refractivity contribution in [3.05, 3.63) is 47.7 Å². The normalized spacial score (nSPS) is 19.3. The van der Waals surface area contributed by atoms with Crippen molar-refractivity contribution in [1.29, 1.82) is 0 Å². The molecule has 1 saturated heterocycles. The number of ether oxygens (including phenoxy) is 1. The molecule has 1 aromatic carbocycles. The van der Waals surface area contributed by atoms with Crippen LogP contribution < -0.4 is 0 Å². The van der Waals surface area contributed by atoms with E-state index in [1.165, 1.54) is 5.56 Å². The number of aryl methyl sites for hydroxylation is 1. The van der Waals surface area contributed by atoms with Gasteiger partial charge in [-0.3, -0.25) is 4.90 Å². The second kappa shape index (κ2) is 7.68. The van der Waals surface area contributed by atoms with E-state index in [1.54, 1.807) is 0 Å². The fourth-order valence-corrected chi connectivity index (χ4v) is 2.85. The molecular formula is C17H24N4O2. The van der Waals surface area contributed by atoms with Crippen molar-refractivity contribution in [2.75, 3.05) is 39.9 Å². The van der Waals surface area contributed by atoms with Crippen LogP contribution in [0, 0.1) is 6.92 Å². The first kappa shape index (κ1) is 16.1. The lowest BCUT2D eigenvalue weighted by Gasteiger charge is -2.34. The molecule has 0 amide bonds. The van der Waals surface area contributed by atoms with E-state index in [9.17, 15) is 0 Å². The molecule has 0 radical (unpaired) electrons. The number of benzene rings is 1. The van der Waals surface area contributed by atoms with E-state index in [2.05, 4.69) is 51.3 Å². The minimum absolute atomic E-state index is 0.0649. The summed E-state index contributed by atoms with van der Waals surface area (Å²) in [4.78, 5) is 4.71. The summed E-state index contributed by atoms with van der Waals surface area (Å²) < 4.78 is 11.2. The SMILES string of the molecule is Cc1nnc([C@@H]2COCCN2CCN(C)Cc2ccccc2)o1. The van der Waals surface area contributed by atoms with Gasteiger partial charge in [0, 0.05) is 33.1 Å². The molecule has 1 aromatic heterocycles. The molecule has 6 nitrogen and oxygen atoms in total. The van der Waals surface area contributed by atoms with Gasteiger partial charge in [0.15, 0.2) is 0 Å². The Balaban J connectivity index is 1.55. The van der Waals surface area contributed by atoms with Crippen LogP contribution in [0.5, 0.6) is 0 Å². The lowest BCUT2D eigenvalue weighted by molar-refractivity contribution is -0.0211. The van der Waals surface area contributed by atoms with Gasteiger partial charge in [0.1, 0.15) is 6.04 Å². The number of rotatable bonds is 6. The van der Waals surface area contributed by atoms with Gasteiger partial charge < -0.3 is 14.1 Å². The molecule has 124 valence electrons. The van der Waals surface area contributed by atoms with Gasteiger partial charge in [-0.1, -0.05) is 30.3 Å². The van der Waals surface area contributed by atoms with Gasteiger partial charge in [0.25, 0.3) is 0 Å². The molecule has 1 aliphatic rings. The molecular weight excluding hydrogens is 292 g/mol. The van der Waals surface area contributed by atoms with Gasteiger partial charge in [-0.15, -0.1) is 10.2 Å².